The molecule has 2 aromatic rings. The third-order valence-corrected chi connectivity index (χ3v) is 3.07. The van der Waals surface area contributed by atoms with E-state index in [2.05, 4.69) is 41.7 Å². The maximum atomic E-state index is 5.44. The minimum atomic E-state index is 0.722. The lowest BCUT2D eigenvalue weighted by Crippen LogP contribution is -2.19. The number of hydrogen-bond acceptors (Lipinski definition) is 4. The van der Waals surface area contributed by atoms with Crippen LogP contribution in [0.15, 0.2) is 22.6 Å². The Labute approximate surface area is 101 Å². The molecular weight excluding hydrogens is 220 g/mol. The topological polar surface area (TPSA) is 29.3 Å². The van der Waals surface area contributed by atoms with Crippen LogP contribution in [-0.4, -0.2) is 29.4 Å². The monoisotopic (exact) mass is 236 g/mol. The van der Waals surface area contributed by atoms with E-state index in [4.69, 9.17) is 4.42 Å². The molecule has 86 valence electrons. The lowest BCUT2D eigenvalue weighted by molar-refractivity contribution is 0.399. The van der Waals surface area contributed by atoms with Gasteiger partial charge in [0.15, 0.2) is 11.5 Å². The number of rotatable bonds is 4. The van der Waals surface area contributed by atoms with Crippen LogP contribution < -0.4 is 0 Å². The third-order valence-electron chi connectivity index (χ3n) is 2.58. The largest absolute Gasteiger partial charge is 0.441 e. The van der Waals surface area contributed by atoms with Gasteiger partial charge in [-0.25, -0.2) is 4.98 Å². The Balaban J connectivity index is 2.13. The van der Waals surface area contributed by atoms with E-state index in [1.54, 1.807) is 0 Å². The second kappa shape index (κ2) is 4.89. The quantitative estimate of drug-likeness (QED) is 0.653. The standard InChI is InChI=1S/C12H16N2OS/c1-9-13-11-7-10(3-4-12(11)15-9)5-6-14(2)8-16/h3-4,7,16H,5-6,8H2,1-2H3. The van der Waals surface area contributed by atoms with E-state index in [0.717, 1.165) is 35.8 Å². The first kappa shape index (κ1) is 11.5. The molecule has 0 saturated carbocycles. The second-order valence-electron chi connectivity index (χ2n) is 4.01. The lowest BCUT2D eigenvalue weighted by atomic mass is 10.1. The smallest absolute Gasteiger partial charge is 0.192 e. The van der Waals surface area contributed by atoms with Crippen LogP contribution in [0, 0.1) is 6.92 Å². The average molecular weight is 236 g/mol. The van der Waals surface area contributed by atoms with E-state index in [1.165, 1.54) is 5.56 Å². The molecule has 0 radical (unpaired) electrons. The van der Waals surface area contributed by atoms with Crippen LogP contribution in [0.2, 0.25) is 0 Å². The summed E-state index contributed by atoms with van der Waals surface area (Å²) in [7, 11) is 2.06. The SMILES string of the molecule is Cc1nc2cc(CCN(C)CS)ccc2o1. The Morgan fingerprint density at radius 2 is 2.25 bits per heavy atom. The first-order valence-electron chi connectivity index (χ1n) is 5.34. The molecule has 4 heteroatoms. The van der Waals surface area contributed by atoms with E-state index in [9.17, 15) is 0 Å². The van der Waals surface area contributed by atoms with Gasteiger partial charge in [-0.05, 0) is 31.2 Å². The van der Waals surface area contributed by atoms with Gasteiger partial charge in [0.2, 0.25) is 0 Å². The molecule has 3 nitrogen and oxygen atoms in total. The fourth-order valence-electron chi connectivity index (χ4n) is 1.63. The Morgan fingerprint density at radius 3 is 3.00 bits per heavy atom. The van der Waals surface area contributed by atoms with E-state index in [-0.39, 0.29) is 0 Å². The van der Waals surface area contributed by atoms with Crippen LogP contribution in [0.5, 0.6) is 0 Å². The number of fused-ring (bicyclic) bond motifs is 1. The van der Waals surface area contributed by atoms with Crippen LogP contribution in [0.25, 0.3) is 11.1 Å². The highest BCUT2D eigenvalue weighted by molar-refractivity contribution is 7.80. The maximum absolute atomic E-state index is 5.44. The maximum Gasteiger partial charge on any atom is 0.192 e. The molecule has 0 unspecified atom stereocenters. The summed E-state index contributed by atoms with van der Waals surface area (Å²) in [5.41, 5.74) is 3.10. The Kier molecular flexibility index (Phi) is 3.51. The van der Waals surface area contributed by atoms with Crippen molar-refractivity contribution in [1.82, 2.24) is 9.88 Å². The molecule has 1 aromatic carbocycles. The van der Waals surface area contributed by atoms with Crippen molar-refractivity contribution in [1.29, 1.82) is 0 Å². The zero-order valence-electron chi connectivity index (χ0n) is 9.60. The van der Waals surface area contributed by atoms with Crippen LogP contribution >= 0.6 is 12.6 Å². The van der Waals surface area contributed by atoms with Crippen LogP contribution in [0.1, 0.15) is 11.5 Å². The molecule has 0 aliphatic heterocycles. The minimum absolute atomic E-state index is 0.722. The highest BCUT2D eigenvalue weighted by atomic mass is 32.1. The number of nitrogens with zero attached hydrogens (tertiary/aromatic N) is 2. The molecule has 0 aliphatic rings. The molecule has 1 heterocycles. The Morgan fingerprint density at radius 1 is 1.44 bits per heavy atom. The Hall–Kier alpha value is -1.00. The number of aromatic nitrogens is 1. The predicted molar refractivity (Wildman–Crippen MR) is 68.9 cm³/mol. The predicted octanol–water partition coefficient (Wildman–Crippen LogP) is 2.50. The molecule has 0 N–H and O–H groups in total. The number of benzene rings is 1. The van der Waals surface area contributed by atoms with Gasteiger partial charge < -0.3 is 4.42 Å². The molecule has 16 heavy (non-hydrogen) atoms. The zero-order valence-corrected chi connectivity index (χ0v) is 10.5. The Bertz CT molecular complexity index is 481. The molecule has 1 aromatic heterocycles. The van der Waals surface area contributed by atoms with Crippen LogP contribution in [0.4, 0.5) is 0 Å². The highest BCUT2D eigenvalue weighted by Gasteiger charge is 2.03. The molecule has 0 bridgehead atoms. The van der Waals surface area contributed by atoms with Crippen LogP contribution in [0.3, 0.4) is 0 Å². The van der Waals surface area contributed by atoms with Crippen molar-refractivity contribution >= 4 is 23.7 Å². The van der Waals surface area contributed by atoms with E-state index >= 15 is 0 Å². The molecule has 0 amide bonds. The summed E-state index contributed by atoms with van der Waals surface area (Å²) < 4.78 is 5.44. The van der Waals surface area contributed by atoms with Gasteiger partial charge >= 0.3 is 0 Å². The van der Waals surface area contributed by atoms with Crippen molar-refractivity contribution in [3.8, 4) is 0 Å². The number of oxazole rings is 1. The summed E-state index contributed by atoms with van der Waals surface area (Å²) in [5.74, 6) is 1.50. The van der Waals surface area contributed by atoms with Crippen molar-refractivity contribution in [2.24, 2.45) is 0 Å². The molecule has 0 saturated heterocycles. The number of hydrogen-bond donors (Lipinski definition) is 1. The first-order chi connectivity index (χ1) is 7.69. The van der Waals surface area contributed by atoms with E-state index in [1.807, 2.05) is 13.0 Å². The van der Waals surface area contributed by atoms with Gasteiger partial charge in [0.25, 0.3) is 0 Å². The minimum Gasteiger partial charge on any atom is -0.441 e. The normalized spacial score (nSPS) is 11.5. The highest BCUT2D eigenvalue weighted by Crippen LogP contribution is 2.17. The van der Waals surface area contributed by atoms with Crippen molar-refractivity contribution < 1.29 is 4.42 Å². The van der Waals surface area contributed by atoms with E-state index in [0.29, 0.717) is 0 Å². The molecular formula is C12H16N2OS. The third kappa shape index (κ3) is 2.57. The molecule has 0 fully saturated rings. The number of thiol groups is 1. The van der Waals surface area contributed by atoms with Gasteiger partial charge in [-0.15, -0.1) is 0 Å². The van der Waals surface area contributed by atoms with Crippen molar-refractivity contribution in [2.45, 2.75) is 13.3 Å². The summed E-state index contributed by atoms with van der Waals surface area (Å²) in [6, 6.07) is 6.18. The van der Waals surface area contributed by atoms with Gasteiger partial charge in [0.1, 0.15) is 5.52 Å². The van der Waals surface area contributed by atoms with Crippen molar-refractivity contribution in [2.75, 3.05) is 19.5 Å². The van der Waals surface area contributed by atoms with Gasteiger partial charge in [-0.2, -0.15) is 12.6 Å². The lowest BCUT2D eigenvalue weighted by Gasteiger charge is -2.12. The number of aryl methyl sites for hydroxylation is 1. The van der Waals surface area contributed by atoms with Crippen LogP contribution in [-0.2, 0) is 6.42 Å². The van der Waals surface area contributed by atoms with Gasteiger partial charge in [-0.1, -0.05) is 6.07 Å². The summed E-state index contributed by atoms with van der Waals surface area (Å²) >= 11 is 4.22. The molecule has 0 aliphatic carbocycles. The summed E-state index contributed by atoms with van der Waals surface area (Å²) in [4.78, 5) is 6.49. The summed E-state index contributed by atoms with van der Waals surface area (Å²) in [6.07, 6.45) is 1.01. The van der Waals surface area contributed by atoms with Gasteiger partial charge in [-0.3, -0.25) is 4.90 Å². The van der Waals surface area contributed by atoms with Gasteiger partial charge in [0.05, 0.1) is 0 Å². The van der Waals surface area contributed by atoms with Crippen molar-refractivity contribution in [3.05, 3.63) is 29.7 Å². The summed E-state index contributed by atoms with van der Waals surface area (Å²) in [5, 5.41) is 0. The second-order valence-corrected chi connectivity index (χ2v) is 4.29. The van der Waals surface area contributed by atoms with E-state index < -0.39 is 0 Å². The first-order valence-corrected chi connectivity index (χ1v) is 5.98. The molecule has 0 spiro atoms. The number of likely N-dealkylation sites (N-methyl/N-ethyl adjacent to an activating group) is 1. The fraction of sp³-hybridized carbons (Fsp3) is 0.417. The van der Waals surface area contributed by atoms with Gasteiger partial charge in [0, 0.05) is 19.3 Å². The molecule has 2 rings (SSSR count). The van der Waals surface area contributed by atoms with Crippen molar-refractivity contribution in [3.63, 3.8) is 0 Å². The molecule has 0 atom stereocenters. The fourth-order valence-corrected chi connectivity index (χ4v) is 1.78. The summed E-state index contributed by atoms with van der Waals surface area (Å²) in [6.45, 7) is 2.88. The average Bonchev–Trinajstić information content (AvgIpc) is 2.65. The zero-order chi connectivity index (χ0) is 11.5.